The fourth-order valence-electron chi connectivity index (χ4n) is 3.92. The van der Waals surface area contributed by atoms with Gasteiger partial charge in [0.15, 0.2) is 0 Å². The molecule has 0 spiro atoms. The first-order valence-corrected chi connectivity index (χ1v) is 8.45. The summed E-state index contributed by atoms with van der Waals surface area (Å²) >= 11 is 6.15. The van der Waals surface area contributed by atoms with Gasteiger partial charge >= 0.3 is 6.03 Å². The number of nitrogens with one attached hydrogen (secondary N) is 2. The van der Waals surface area contributed by atoms with E-state index >= 15 is 0 Å². The number of benzene rings is 1. The number of hydrogen-bond acceptors (Lipinski definition) is 5. The molecular weight excluding hydrogens is 330 g/mol. The van der Waals surface area contributed by atoms with Crippen LogP contribution in [0.1, 0.15) is 6.92 Å². The Morgan fingerprint density at radius 3 is 2.79 bits per heavy atom. The highest BCUT2D eigenvalue weighted by molar-refractivity contribution is 6.30. The van der Waals surface area contributed by atoms with Crippen molar-refractivity contribution in [2.24, 2.45) is 5.92 Å². The monoisotopic (exact) mass is 349 g/mol. The maximum absolute atomic E-state index is 12.4. The lowest BCUT2D eigenvalue weighted by Gasteiger charge is -2.45. The summed E-state index contributed by atoms with van der Waals surface area (Å²) in [6.07, 6.45) is -0.475. The molecule has 4 unspecified atom stereocenters. The van der Waals surface area contributed by atoms with Gasteiger partial charge in [-0.05, 0) is 24.1 Å². The summed E-state index contributed by atoms with van der Waals surface area (Å²) in [6.45, 7) is 3.81. The largest absolute Gasteiger partial charge is 0.343 e. The van der Waals surface area contributed by atoms with Crippen molar-refractivity contribution in [3.8, 4) is 0 Å². The molecule has 4 atom stereocenters. The molecular formula is C16H20ClN5O2. The standard InChI is InChI=1S/C16H20ClN5O2/c1-9-7-21(11-5-3-4-10(17)6-11)15-18-13-12(22(15)8-9)14(23)19-16(24)20(13)2/h3-6,9,12-13,15,18H,7-8H2,1-2H3,(H,19,23,24). The molecule has 128 valence electrons. The van der Waals surface area contributed by atoms with Crippen LogP contribution in [-0.2, 0) is 4.79 Å². The van der Waals surface area contributed by atoms with Gasteiger partial charge in [0.25, 0.3) is 0 Å². The number of carbonyl (C=O) groups is 2. The van der Waals surface area contributed by atoms with E-state index in [4.69, 9.17) is 11.6 Å². The van der Waals surface area contributed by atoms with Crippen LogP contribution in [0.15, 0.2) is 24.3 Å². The third-order valence-electron chi connectivity index (χ3n) is 4.99. The zero-order valence-corrected chi connectivity index (χ0v) is 14.3. The molecule has 0 aliphatic carbocycles. The third-order valence-corrected chi connectivity index (χ3v) is 5.23. The highest BCUT2D eigenvalue weighted by Crippen LogP contribution is 2.33. The quantitative estimate of drug-likeness (QED) is 0.787. The summed E-state index contributed by atoms with van der Waals surface area (Å²) in [4.78, 5) is 30.2. The van der Waals surface area contributed by atoms with Gasteiger partial charge in [-0.25, -0.2) is 4.79 Å². The van der Waals surface area contributed by atoms with Gasteiger partial charge in [-0.15, -0.1) is 0 Å². The average molecular weight is 350 g/mol. The van der Waals surface area contributed by atoms with E-state index in [1.165, 1.54) is 0 Å². The zero-order chi connectivity index (χ0) is 17.0. The van der Waals surface area contributed by atoms with Gasteiger partial charge < -0.3 is 9.80 Å². The van der Waals surface area contributed by atoms with Crippen LogP contribution in [0.25, 0.3) is 0 Å². The summed E-state index contributed by atoms with van der Waals surface area (Å²) < 4.78 is 0. The molecule has 3 heterocycles. The Bertz CT molecular complexity index is 699. The second-order valence-corrected chi connectivity index (χ2v) is 7.21. The molecule has 3 fully saturated rings. The minimum atomic E-state index is -0.387. The Kier molecular flexibility index (Phi) is 3.67. The second-order valence-electron chi connectivity index (χ2n) is 6.77. The number of hydrogen-bond donors (Lipinski definition) is 2. The van der Waals surface area contributed by atoms with Crippen molar-refractivity contribution in [2.45, 2.75) is 25.4 Å². The maximum Gasteiger partial charge on any atom is 0.325 e. The zero-order valence-electron chi connectivity index (χ0n) is 13.6. The van der Waals surface area contributed by atoms with Gasteiger partial charge in [0.2, 0.25) is 5.91 Å². The van der Waals surface area contributed by atoms with Gasteiger partial charge in [0.05, 0.1) is 0 Å². The molecule has 0 radical (unpaired) electrons. The minimum Gasteiger partial charge on any atom is -0.343 e. The topological polar surface area (TPSA) is 67.9 Å². The van der Waals surface area contributed by atoms with Crippen LogP contribution in [0.3, 0.4) is 0 Å². The predicted octanol–water partition coefficient (Wildman–Crippen LogP) is 0.861. The summed E-state index contributed by atoms with van der Waals surface area (Å²) in [7, 11) is 1.71. The van der Waals surface area contributed by atoms with Crippen LogP contribution in [0.5, 0.6) is 0 Å². The molecule has 2 N–H and O–H groups in total. The second kappa shape index (κ2) is 5.61. The number of fused-ring (bicyclic) bond motifs is 3. The Balaban J connectivity index is 1.70. The summed E-state index contributed by atoms with van der Waals surface area (Å²) in [5.41, 5.74) is 1.00. The molecule has 4 rings (SSSR count). The van der Waals surface area contributed by atoms with Crippen LogP contribution >= 0.6 is 11.6 Å². The average Bonchev–Trinajstić information content (AvgIpc) is 2.91. The molecule has 3 saturated heterocycles. The van der Waals surface area contributed by atoms with Crippen molar-refractivity contribution in [1.29, 1.82) is 0 Å². The van der Waals surface area contributed by atoms with E-state index in [9.17, 15) is 9.59 Å². The van der Waals surface area contributed by atoms with Gasteiger partial charge in [0, 0.05) is 30.8 Å². The first kappa shape index (κ1) is 15.7. The third kappa shape index (κ3) is 2.35. The van der Waals surface area contributed by atoms with E-state index in [-0.39, 0.29) is 30.4 Å². The number of anilines is 1. The summed E-state index contributed by atoms with van der Waals surface area (Å²) in [5.74, 6) is 0.148. The summed E-state index contributed by atoms with van der Waals surface area (Å²) in [6, 6.07) is 6.96. The molecule has 1 aromatic rings. The van der Waals surface area contributed by atoms with Crippen molar-refractivity contribution in [3.63, 3.8) is 0 Å². The number of imide groups is 1. The van der Waals surface area contributed by atoms with Crippen LogP contribution in [0, 0.1) is 5.92 Å². The van der Waals surface area contributed by atoms with Gasteiger partial charge in [-0.1, -0.05) is 24.6 Å². The van der Waals surface area contributed by atoms with E-state index in [0.29, 0.717) is 10.9 Å². The molecule has 0 saturated carbocycles. The number of halogens is 1. The number of likely N-dealkylation sites (N-methyl/N-ethyl adjacent to an activating group) is 1. The van der Waals surface area contributed by atoms with Crippen LogP contribution in [0.4, 0.5) is 10.5 Å². The smallest absolute Gasteiger partial charge is 0.325 e. The molecule has 0 bridgehead atoms. The van der Waals surface area contributed by atoms with Gasteiger partial charge in [0.1, 0.15) is 18.5 Å². The number of nitrogens with zero attached hydrogens (tertiary/aromatic N) is 3. The van der Waals surface area contributed by atoms with E-state index in [0.717, 1.165) is 18.8 Å². The van der Waals surface area contributed by atoms with E-state index < -0.39 is 0 Å². The van der Waals surface area contributed by atoms with Gasteiger partial charge in [-0.3, -0.25) is 20.3 Å². The van der Waals surface area contributed by atoms with E-state index in [1.54, 1.807) is 11.9 Å². The Labute approximate surface area is 145 Å². The van der Waals surface area contributed by atoms with E-state index in [1.807, 2.05) is 24.3 Å². The van der Waals surface area contributed by atoms with Crippen molar-refractivity contribution < 1.29 is 9.59 Å². The molecule has 7 nitrogen and oxygen atoms in total. The lowest BCUT2D eigenvalue weighted by molar-refractivity contribution is -0.128. The first-order chi connectivity index (χ1) is 11.5. The maximum atomic E-state index is 12.4. The Morgan fingerprint density at radius 1 is 1.25 bits per heavy atom. The normalized spacial score (nSPS) is 33.3. The van der Waals surface area contributed by atoms with Crippen molar-refractivity contribution >= 4 is 29.2 Å². The SMILES string of the molecule is CC1CN(c2cccc(Cl)c2)C2NC3C(C(=O)NC(=O)N3C)N2C1. The molecule has 3 amide bonds. The van der Waals surface area contributed by atoms with Crippen LogP contribution in [0.2, 0.25) is 5.02 Å². The minimum absolute atomic E-state index is 0.145. The van der Waals surface area contributed by atoms with Crippen LogP contribution < -0.4 is 15.5 Å². The molecule has 0 aromatic heterocycles. The van der Waals surface area contributed by atoms with Crippen molar-refractivity contribution in [1.82, 2.24) is 20.4 Å². The van der Waals surface area contributed by atoms with Crippen molar-refractivity contribution in [3.05, 3.63) is 29.3 Å². The predicted molar refractivity (Wildman–Crippen MR) is 90.5 cm³/mol. The Hall–Kier alpha value is -1.83. The fraction of sp³-hybridized carbons (Fsp3) is 0.500. The van der Waals surface area contributed by atoms with Crippen LogP contribution in [-0.4, -0.2) is 60.4 Å². The number of carbonyl (C=O) groups excluding carboxylic acids is 2. The fourth-order valence-corrected chi connectivity index (χ4v) is 4.11. The molecule has 1 aromatic carbocycles. The number of rotatable bonds is 1. The first-order valence-electron chi connectivity index (χ1n) is 8.07. The van der Waals surface area contributed by atoms with Gasteiger partial charge in [-0.2, -0.15) is 0 Å². The molecule has 3 aliphatic rings. The number of amides is 3. The Morgan fingerprint density at radius 2 is 2.04 bits per heavy atom. The highest BCUT2D eigenvalue weighted by atomic mass is 35.5. The van der Waals surface area contributed by atoms with Crippen molar-refractivity contribution in [2.75, 3.05) is 25.0 Å². The molecule has 3 aliphatic heterocycles. The lowest BCUT2D eigenvalue weighted by atomic mass is 10.0. The molecule has 24 heavy (non-hydrogen) atoms. The highest BCUT2D eigenvalue weighted by Gasteiger charge is 2.54. The lowest BCUT2D eigenvalue weighted by Crippen LogP contribution is -2.65. The number of urea groups is 1. The molecule has 8 heteroatoms. The summed E-state index contributed by atoms with van der Waals surface area (Å²) in [5, 5.41) is 6.56. The van der Waals surface area contributed by atoms with E-state index in [2.05, 4.69) is 27.4 Å².